The zero-order valence-electron chi connectivity index (χ0n) is 26.6. The van der Waals surface area contributed by atoms with Gasteiger partial charge in [-0.3, -0.25) is 0 Å². The van der Waals surface area contributed by atoms with Gasteiger partial charge in [-0.05, 0) is 30.3 Å². The van der Waals surface area contributed by atoms with Gasteiger partial charge >= 0.3 is 0 Å². The van der Waals surface area contributed by atoms with Crippen LogP contribution in [0.15, 0.2) is 174 Å². The van der Waals surface area contributed by atoms with Crippen LogP contribution in [0.1, 0.15) is 0 Å². The van der Waals surface area contributed by atoms with Gasteiger partial charge in [-0.1, -0.05) is 139 Å². The third-order valence-corrected chi connectivity index (χ3v) is 10.6. The third kappa shape index (κ3) is 5.83. The van der Waals surface area contributed by atoms with Gasteiger partial charge in [0.1, 0.15) is 0 Å². The molecule has 7 heteroatoms. The molecule has 3 heterocycles. The highest BCUT2D eigenvalue weighted by Crippen LogP contribution is 2.43. The molecule has 0 unspecified atom stereocenters. The van der Waals surface area contributed by atoms with E-state index in [1.807, 2.05) is 103 Å². The van der Waals surface area contributed by atoms with Crippen LogP contribution >= 0.6 is 23.1 Å². The Labute approximate surface area is 297 Å². The summed E-state index contributed by atoms with van der Waals surface area (Å²) in [5, 5.41) is 2.25. The second-order valence-electron chi connectivity index (χ2n) is 11.7. The normalized spacial score (nSPS) is 11.3. The van der Waals surface area contributed by atoms with Crippen molar-refractivity contribution < 1.29 is 0 Å². The van der Waals surface area contributed by atoms with E-state index in [0.717, 1.165) is 54.1 Å². The molecule has 50 heavy (non-hydrogen) atoms. The molecule has 0 fully saturated rings. The highest BCUT2D eigenvalue weighted by molar-refractivity contribution is 7.99. The Bertz CT molecular complexity index is 2550. The molecule has 0 aliphatic rings. The minimum absolute atomic E-state index is 0.641. The van der Waals surface area contributed by atoms with Crippen LogP contribution < -0.4 is 0 Å². The Morgan fingerprint density at radius 3 is 1.66 bits per heavy atom. The number of thiophene rings is 1. The maximum Gasteiger partial charge on any atom is 0.164 e. The van der Waals surface area contributed by atoms with E-state index in [4.69, 9.17) is 24.9 Å². The van der Waals surface area contributed by atoms with Gasteiger partial charge in [0.05, 0.1) is 10.6 Å². The van der Waals surface area contributed by atoms with Crippen molar-refractivity contribution in [3.05, 3.63) is 164 Å². The lowest BCUT2D eigenvalue weighted by molar-refractivity contribution is 1.08. The topological polar surface area (TPSA) is 64.5 Å². The molecule has 0 atom stereocenters. The van der Waals surface area contributed by atoms with Gasteiger partial charge < -0.3 is 0 Å². The number of aromatic nitrogens is 5. The lowest BCUT2D eigenvalue weighted by atomic mass is 10.0. The first kappa shape index (κ1) is 30.1. The second-order valence-corrected chi connectivity index (χ2v) is 13.9. The first-order chi connectivity index (χ1) is 24.8. The van der Waals surface area contributed by atoms with Crippen molar-refractivity contribution in [2.24, 2.45) is 0 Å². The summed E-state index contributed by atoms with van der Waals surface area (Å²) in [5.74, 6) is 2.62. The maximum atomic E-state index is 5.19. The van der Waals surface area contributed by atoms with Crippen LogP contribution in [0.25, 0.3) is 77.0 Å². The van der Waals surface area contributed by atoms with Gasteiger partial charge in [0.25, 0.3) is 0 Å². The quantitative estimate of drug-likeness (QED) is 0.167. The fourth-order valence-electron chi connectivity index (χ4n) is 6.08. The predicted molar refractivity (Wildman–Crippen MR) is 206 cm³/mol. The molecular formula is C43H27N5S2. The highest BCUT2D eigenvalue weighted by Gasteiger charge is 2.19. The largest absolute Gasteiger partial charge is 0.235 e. The van der Waals surface area contributed by atoms with Gasteiger partial charge in [0.2, 0.25) is 0 Å². The van der Waals surface area contributed by atoms with Crippen LogP contribution in [0, 0.1) is 0 Å². The fourth-order valence-corrected chi connectivity index (χ4v) is 8.11. The average molecular weight is 678 g/mol. The van der Waals surface area contributed by atoms with E-state index >= 15 is 0 Å². The van der Waals surface area contributed by atoms with Gasteiger partial charge in [-0.15, -0.1) is 11.3 Å². The van der Waals surface area contributed by atoms with E-state index in [1.165, 1.54) is 9.40 Å². The monoisotopic (exact) mass is 677 g/mol. The summed E-state index contributed by atoms with van der Waals surface area (Å²) < 4.78 is 2.36. The van der Waals surface area contributed by atoms with E-state index in [1.54, 1.807) is 23.1 Å². The third-order valence-electron chi connectivity index (χ3n) is 8.47. The molecule has 0 radical (unpaired) electrons. The molecule has 0 aliphatic heterocycles. The molecule has 6 aromatic carbocycles. The maximum absolute atomic E-state index is 5.19. The van der Waals surface area contributed by atoms with Crippen molar-refractivity contribution in [2.45, 2.75) is 9.79 Å². The number of benzene rings is 6. The molecule has 9 rings (SSSR count). The zero-order chi connectivity index (χ0) is 33.3. The van der Waals surface area contributed by atoms with Crippen molar-refractivity contribution >= 4 is 43.3 Å². The van der Waals surface area contributed by atoms with E-state index in [0.29, 0.717) is 23.3 Å². The number of hydrogen-bond acceptors (Lipinski definition) is 7. The van der Waals surface area contributed by atoms with Crippen LogP contribution in [0.4, 0.5) is 0 Å². The fraction of sp³-hybridized carbons (Fsp3) is 0. The summed E-state index contributed by atoms with van der Waals surface area (Å²) in [7, 11) is 0. The summed E-state index contributed by atoms with van der Waals surface area (Å²) in [4.78, 5) is 27.2. The van der Waals surface area contributed by atoms with Crippen LogP contribution in [-0.2, 0) is 0 Å². The first-order valence-electron chi connectivity index (χ1n) is 16.3. The van der Waals surface area contributed by atoms with Crippen molar-refractivity contribution in [3.8, 4) is 56.8 Å². The van der Waals surface area contributed by atoms with Crippen LogP contribution in [0.3, 0.4) is 0 Å². The second kappa shape index (κ2) is 13.1. The molecule has 9 aromatic rings. The molecular weight excluding hydrogens is 651 g/mol. The summed E-state index contributed by atoms with van der Waals surface area (Å²) >= 11 is 3.45. The Hall–Kier alpha value is -6.02. The molecule has 0 aliphatic carbocycles. The van der Waals surface area contributed by atoms with Gasteiger partial charge in [0.15, 0.2) is 23.3 Å². The Balaban J connectivity index is 1.24. The minimum Gasteiger partial charge on any atom is -0.235 e. The SMILES string of the molecule is c1ccc(Sc2cnc(-c3ccccc3)nc2-c2ccc3sc4cccc(-c5nc(-c6ccccc6)nc(-c6ccccc6)n5)c4c3c2)cc1. The van der Waals surface area contributed by atoms with Crippen LogP contribution in [0.5, 0.6) is 0 Å². The van der Waals surface area contributed by atoms with Gasteiger partial charge in [-0.2, -0.15) is 0 Å². The smallest absolute Gasteiger partial charge is 0.164 e. The predicted octanol–water partition coefficient (Wildman–Crippen LogP) is 11.5. The molecule has 5 nitrogen and oxygen atoms in total. The molecule has 236 valence electrons. The lowest BCUT2D eigenvalue weighted by Crippen LogP contribution is -2.00. The number of fused-ring (bicyclic) bond motifs is 3. The first-order valence-corrected chi connectivity index (χ1v) is 17.9. The summed E-state index contributed by atoms with van der Waals surface area (Å²) in [6.45, 7) is 0. The van der Waals surface area contributed by atoms with Crippen molar-refractivity contribution in [3.63, 3.8) is 0 Å². The lowest BCUT2D eigenvalue weighted by Gasteiger charge is -2.12. The van der Waals surface area contributed by atoms with Gasteiger partial charge in [0, 0.05) is 59.1 Å². The summed E-state index contributed by atoms with van der Waals surface area (Å²) in [6.07, 6.45) is 1.95. The Morgan fingerprint density at radius 1 is 0.440 bits per heavy atom. The van der Waals surface area contributed by atoms with Gasteiger partial charge in [-0.25, -0.2) is 24.9 Å². The Morgan fingerprint density at radius 2 is 1.02 bits per heavy atom. The molecule has 0 saturated heterocycles. The van der Waals surface area contributed by atoms with E-state index < -0.39 is 0 Å². The van der Waals surface area contributed by atoms with E-state index in [-0.39, 0.29) is 0 Å². The van der Waals surface area contributed by atoms with Crippen LogP contribution in [-0.4, -0.2) is 24.9 Å². The minimum atomic E-state index is 0.641. The number of hydrogen-bond donors (Lipinski definition) is 0. The number of rotatable bonds is 7. The van der Waals surface area contributed by atoms with Crippen molar-refractivity contribution in [1.29, 1.82) is 0 Å². The molecule has 0 N–H and O–H groups in total. The average Bonchev–Trinajstić information content (AvgIpc) is 3.58. The van der Waals surface area contributed by atoms with Crippen molar-refractivity contribution in [1.82, 2.24) is 24.9 Å². The standard InChI is InChI=1S/C43H27N5S2/c1-5-14-28(15-6-1)40-44-27-37(49-32-20-11-4-12-21-32)39(45-40)31-24-25-35-34(26-31)38-33(22-13-23-36(38)50-35)43-47-41(29-16-7-2-8-17-29)46-42(48-43)30-18-9-3-10-19-30/h1-27H. The van der Waals surface area contributed by atoms with Crippen molar-refractivity contribution in [2.75, 3.05) is 0 Å². The molecule has 0 saturated carbocycles. The highest BCUT2D eigenvalue weighted by atomic mass is 32.2. The van der Waals surface area contributed by atoms with E-state index in [9.17, 15) is 0 Å². The van der Waals surface area contributed by atoms with Crippen LogP contribution in [0.2, 0.25) is 0 Å². The van der Waals surface area contributed by atoms with E-state index in [2.05, 4.69) is 60.7 Å². The number of nitrogens with zero attached hydrogens (tertiary/aromatic N) is 5. The Kier molecular flexibility index (Phi) is 7.89. The molecule has 0 amide bonds. The zero-order valence-corrected chi connectivity index (χ0v) is 28.3. The summed E-state index contributed by atoms with van der Waals surface area (Å²) in [6, 6.07) is 53.8. The molecule has 0 spiro atoms. The molecule has 0 bridgehead atoms. The molecule has 3 aromatic heterocycles. The summed E-state index contributed by atoms with van der Waals surface area (Å²) in [5.41, 5.74) is 5.75.